The highest BCUT2D eigenvalue weighted by atomic mass is 16.5. The maximum Gasteiger partial charge on any atom is 0.262 e. The zero-order valence-corrected chi connectivity index (χ0v) is 6.38. The maximum absolute atomic E-state index is 10.5. The number of amides is 1. The van der Waals surface area contributed by atoms with Crippen LogP contribution in [0.25, 0.3) is 0 Å². The summed E-state index contributed by atoms with van der Waals surface area (Å²) < 4.78 is 0. The molecule has 1 atom stereocenters. The zero-order valence-electron chi connectivity index (χ0n) is 6.38. The van der Waals surface area contributed by atoms with Crippen LogP contribution in [0.1, 0.15) is 19.3 Å². The molecule has 0 aromatic rings. The first-order valence-corrected chi connectivity index (χ1v) is 3.60. The lowest BCUT2D eigenvalue weighted by Crippen LogP contribution is -2.38. The van der Waals surface area contributed by atoms with Crippen LogP contribution in [0, 0.1) is 0 Å². The third-order valence-electron chi connectivity index (χ3n) is 1.41. The molecule has 0 aromatic heterocycles. The van der Waals surface area contributed by atoms with E-state index < -0.39 is 11.9 Å². The second kappa shape index (κ2) is 6.09. The van der Waals surface area contributed by atoms with Crippen molar-refractivity contribution in [2.75, 3.05) is 6.54 Å². The van der Waals surface area contributed by atoms with E-state index in [1.165, 1.54) is 5.48 Å². The van der Waals surface area contributed by atoms with Gasteiger partial charge in [-0.15, -0.1) is 0 Å². The summed E-state index contributed by atoms with van der Waals surface area (Å²) in [6, 6.07) is -0.681. The van der Waals surface area contributed by atoms with E-state index >= 15 is 0 Å². The van der Waals surface area contributed by atoms with Crippen LogP contribution in [-0.4, -0.2) is 18.5 Å². The minimum Gasteiger partial charge on any atom is -0.330 e. The number of unbranched alkanes of at least 4 members (excludes halogenated alkanes) is 1. The summed E-state index contributed by atoms with van der Waals surface area (Å²) in [5, 5.41) is 9.80. The van der Waals surface area contributed by atoms with E-state index in [1.807, 2.05) is 0 Å². The summed E-state index contributed by atoms with van der Waals surface area (Å²) in [5.41, 5.74) is 11.8. The number of carbonyl (C=O) groups excluding carboxylic acids is 1. The number of rotatable bonds is 5. The number of nitrogens with two attached hydrogens (primary N) is 2. The number of hydrogen-bond donors (Lipinski definition) is 3. The standard InChI is InChI=1S/C6H14N3O2/c7-4-2-1-3-5(8)6(10)9-11/h5H,1-4,7-8H2,(H,9,10)/t5-/m0/s1. The van der Waals surface area contributed by atoms with Crippen LogP contribution in [0.4, 0.5) is 0 Å². The minimum atomic E-state index is -0.681. The average molecular weight is 160 g/mol. The largest absolute Gasteiger partial charge is 0.330 e. The second-order valence-corrected chi connectivity index (χ2v) is 2.36. The predicted molar refractivity (Wildman–Crippen MR) is 39.7 cm³/mol. The van der Waals surface area contributed by atoms with Gasteiger partial charge in [0.15, 0.2) is 0 Å². The Morgan fingerprint density at radius 1 is 1.45 bits per heavy atom. The molecule has 0 rings (SSSR count). The molecule has 0 aliphatic carbocycles. The van der Waals surface area contributed by atoms with Crippen LogP contribution < -0.4 is 16.9 Å². The Bertz CT molecular complexity index is 118. The van der Waals surface area contributed by atoms with Gasteiger partial charge in [0.05, 0.1) is 6.04 Å². The van der Waals surface area contributed by atoms with Gasteiger partial charge >= 0.3 is 0 Å². The van der Waals surface area contributed by atoms with Crippen LogP contribution in [0.5, 0.6) is 0 Å². The molecule has 5 N–H and O–H groups in total. The molecule has 0 bridgehead atoms. The summed E-state index contributed by atoms with van der Waals surface area (Å²) in [4.78, 5) is 10.5. The van der Waals surface area contributed by atoms with Gasteiger partial charge in [-0.1, -0.05) is 11.6 Å². The Morgan fingerprint density at radius 2 is 2.09 bits per heavy atom. The molecule has 0 spiro atoms. The van der Waals surface area contributed by atoms with Crippen LogP contribution in [0.3, 0.4) is 0 Å². The van der Waals surface area contributed by atoms with Crippen LogP contribution in [0.15, 0.2) is 0 Å². The van der Waals surface area contributed by atoms with Crippen LogP contribution in [-0.2, 0) is 10.0 Å². The first-order valence-electron chi connectivity index (χ1n) is 3.60. The molecular formula is C6H14N3O2. The Morgan fingerprint density at radius 3 is 2.55 bits per heavy atom. The van der Waals surface area contributed by atoms with Gasteiger partial charge in [0.25, 0.3) is 5.91 Å². The van der Waals surface area contributed by atoms with Crippen LogP contribution >= 0.6 is 0 Å². The highest BCUT2D eigenvalue weighted by molar-refractivity contribution is 5.80. The van der Waals surface area contributed by atoms with E-state index in [4.69, 9.17) is 11.5 Å². The summed E-state index contributed by atoms with van der Waals surface area (Å²) in [5.74, 6) is -0.651. The molecule has 5 nitrogen and oxygen atoms in total. The Balaban J connectivity index is 3.36. The van der Waals surface area contributed by atoms with Crippen molar-refractivity contribution in [3.8, 4) is 0 Å². The molecule has 0 aliphatic heterocycles. The van der Waals surface area contributed by atoms with Crippen molar-refractivity contribution in [1.82, 2.24) is 5.48 Å². The number of nitrogens with one attached hydrogen (secondary N) is 1. The predicted octanol–water partition coefficient (Wildman–Crippen LogP) is -1.10. The van der Waals surface area contributed by atoms with E-state index in [0.29, 0.717) is 13.0 Å². The molecule has 0 saturated heterocycles. The number of carbonyl (C=O) groups is 1. The van der Waals surface area contributed by atoms with Gasteiger partial charge in [-0.2, -0.15) is 5.48 Å². The summed E-state index contributed by atoms with van der Waals surface area (Å²) in [6.07, 6.45) is 2.14. The molecule has 0 unspecified atom stereocenters. The first-order chi connectivity index (χ1) is 5.22. The molecule has 0 aliphatic rings. The molecule has 0 saturated carbocycles. The number of hydroxylamine groups is 1. The molecule has 1 amide bonds. The SMILES string of the molecule is NCCCC[C@H](N)C(=O)N[O]. The first kappa shape index (κ1) is 10.3. The molecule has 5 heteroatoms. The summed E-state index contributed by atoms with van der Waals surface area (Å²) in [6.45, 7) is 0.589. The fraction of sp³-hybridized carbons (Fsp3) is 0.833. The van der Waals surface area contributed by atoms with Crippen molar-refractivity contribution in [2.24, 2.45) is 11.5 Å². The Labute approximate surface area is 65.7 Å². The van der Waals surface area contributed by atoms with E-state index in [9.17, 15) is 10.0 Å². The Kier molecular flexibility index (Phi) is 5.73. The molecule has 65 valence electrons. The van der Waals surface area contributed by atoms with E-state index in [-0.39, 0.29) is 0 Å². The number of hydrogen-bond acceptors (Lipinski definition) is 3. The monoisotopic (exact) mass is 160 g/mol. The summed E-state index contributed by atoms with van der Waals surface area (Å²) in [7, 11) is 0. The van der Waals surface area contributed by atoms with Crippen molar-refractivity contribution < 1.29 is 10.0 Å². The second-order valence-electron chi connectivity index (χ2n) is 2.36. The average Bonchev–Trinajstić information content (AvgIpc) is 2.03. The normalized spacial score (nSPS) is 12.6. The van der Waals surface area contributed by atoms with Crippen molar-refractivity contribution in [3.63, 3.8) is 0 Å². The topological polar surface area (TPSA) is 101 Å². The third kappa shape index (κ3) is 4.72. The fourth-order valence-electron chi connectivity index (χ4n) is 0.715. The van der Waals surface area contributed by atoms with Gasteiger partial charge < -0.3 is 11.5 Å². The molecule has 1 radical (unpaired) electrons. The Hall–Kier alpha value is -0.650. The molecule has 11 heavy (non-hydrogen) atoms. The lowest BCUT2D eigenvalue weighted by atomic mass is 10.1. The molecule has 0 heterocycles. The molecule has 0 fully saturated rings. The van der Waals surface area contributed by atoms with Gasteiger partial charge in [-0.05, 0) is 19.4 Å². The smallest absolute Gasteiger partial charge is 0.262 e. The van der Waals surface area contributed by atoms with E-state index in [1.54, 1.807) is 0 Å². The minimum absolute atomic E-state index is 0.519. The quantitative estimate of drug-likeness (QED) is 0.351. The van der Waals surface area contributed by atoms with Crippen molar-refractivity contribution in [1.29, 1.82) is 0 Å². The van der Waals surface area contributed by atoms with E-state index in [0.717, 1.165) is 12.8 Å². The lowest BCUT2D eigenvalue weighted by Gasteiger charge is -2.06. The van der Waals surface area contributed by atoms with Gasteiger partial charge in [0.1, 0.15) is 0 Å². The van der Waals surface area contributed by atoms with E-state index in [2.05, 4.69) is 0 Å². The lowest BCUT2D eigenvalue weighted by molar-refractivity contribution is -0.134. The summed E-state index contributed by atoms with van der Waals surface area (Å²) >= 11 is 0. The van der Waals surface area contributed by atoms with Gasteiger partial charge in [-0.3, -0.25) is 4.79 Å². The maximum atomic E-state index is 10.5. The zero-order chi connectivity index (χ0) is 8.69. The van der Waals surface area contributed by atoms with Crippen LogP contribution in [0.2, 0.25) is 0 Å². The van der Waals surface area contributed by atoms with Crippen molar-refractivity contribution in [3.05, 3.63) is 0 Å². The van der Waals surface area contributed by atoms with Crippen molar-refractivity contribution in [2.45, 2.75) is 25.3 Å². The van der Waals surface area contributed by atoms with Crippen molar-refractivity contribution >= 4 is 5.91 Å². The van der Waals surface area contributed by atoms with Gasteiger partial charge in [-0.25, -0.2) is 0 Å². The molecule has 0 aromatic carbocycles. The third-order valence-corrected chi connectivity index (χ3v) is 1.41. The van der Waals surface area contributed by atoms with Gasteiger partial charge in [0, 0.05) is 0 Å². The fourth-order valence-corrected chi connectivity index (χ4v) is 0.715. The van der Waals surface area contributed by atoms with Gasteiger partial charge in [0.2, 0.25) is 0 Å². The highest BCUT2D eigenvalue weighted by Crippen LogP contribution is 1.97. The highest BCUT2D eigenvalue weighted by Gasteiger charge is 2.11. The molecular weight excluding hydrogens is 146 g/mol.